The molecule has 0 spiro atoms. The number of sulfone groups is 1. The van der Waals surface area contributed by atoms with Crippen LogP contribution in [0.4, 0.5) is 0 Å². The van der Waals surface area contributed by atoms with Gasteiger partial charge in [0.1, 0.15) is 0 Å². The highest BCUT2D eigenvalue weighted by Gasteiger charge is 2.16. The lowest BCUT2D eigenvalue weighted by atomic mass is 10.1. The van der Waals surface area contributed by atoms with Gasteiger partial charge in [0.25, 0.3) is 0 Å². The fourth-order valence-corrected chi connectivity index (χ4v) is 3.29. The summed E-state index contributed by atoms with van der Waals surface area (Å²) in [7, 11) is -3.02. The van der Waals surface area contributed by atoms with Gasteiger partial charge in [0.05, 0.1) is 11.3 Å². The number of hydrogen-bond acceptors (Lipinski definition) is 3. The van der Waals surface area contributed by atoms with E-state index in [9.17, 15) is 8.42 Å². The summed E-state index contributed by atoms with van der Waals surface area (Å²) in [5.74, 6) is 0.267. The number of para-hydroxylation sites is 1. The van der Waals surface area contributed by atoms with Crippen molar-refractivity contribution in [2.24, 2.45) is 5.73 Å². The molecule has 4 nitrogen and oxygen atoms in total. The van der Waals surface area contributed by atoms with Crippen LogP contribution in [0.15, 0.2) is 24.4 Å². The van der Waals surface area contributed by atoms with E-state index in [4.69, 9.17) is 5.73 Å². The monoisotopic (exact) mass is 280 g/mol. The zero-order valence-corrected chi connectivity index (χ0v) is 12.2. The van der Waals surface area contributed by atoms with E-state index < -0.39 is 9.84 Å². The zero-order valence-electron chi connectivity index (χ0n) is 11.4. The van der Waals surface area contributed by atoms with E-state index in [1.807, 2.05) is 31.3 Å². The summed E-state index contributed by atoms with van der Waals surface area (Å²) in [6.07, 6.45) is 1.94. The van der Waals surface area contributed by atoms with Crippen molar-refractivity contribution in [2.75, 3.05) is 5.75 Å². The highest BCUT2D eigenvalue weighted by molar-refractivity contribution is 7.90. The third kappa shape index (κ3) is 2.67. The van der Waals surface area contributed by atoms with E-state index in [-0.39, 0.29) is 11.5 Å². The summed E-state index contributed by atoms with van der Waals surface area (Å²) >= 11 is 0. The van der Waals surface area contributed by atoms with Crippen LogP contribution in [-0.4, -0.2) is 18.7 Å². The normalized spacial score (nSPS) is 12.2. The van der Waals surface area contributed by atoms with E-state index in [1.165, 1.54) is 0 Å². The lowest BCUT2D eigenvalue weighted by Crippen LogP contribution is -2.06. The summed E-state index contributed by atoms with van der Waals surface area (Å²) in [6.45, 7) is 4.99. The molecule has 2 N–H and O–H groups in total. The number of benzene rings is 1. The van der Waals surface area contributed by atoms with Gasteiger partial charge >= 0.3 is 0 Å². The Morgan fingerprint density at radius 3 is 2.53 bits per heavy atom. The number of aryl methyl sites for hydroxylation is 1. The first-order chi connectivity index (χ1) is 9.02. The number of nitrogens with two attached hydrogens (primary N) is 1. The van der Waals surface area contributed by atoms with Gasteiger partial charge in [-0.05, 0) is 18.1 Å². The Morgan fingerprint density at radius 1 is 1.21 bits per heavy atom. The van der Waals surface area contributed by atoms with Gasteiger partial charge in [-0.3, -0.25) is 0 Å². The molecule has 0 saturated carbocycles. The number of nitrogens with zero attached hydrogens (tertiary/aromatic N) is 1. The van der Waals surface area contributed by atoms with Gasteiger partial charge < -0.3 is 10.3 Å². The molecular weight excluding hydrogens is 260 g/mol. The van der Waals surface area contributed by atoms with Gasteiger partial charge in [0, 0.05) is 30.4 Å². The molecule has 0 fully saturated rings. The predicted molar refractivity (Wildman–Crippen MR) is 78.7 cm³/mol. The molecular formula is C14H20N2O2S. The van der Waals surface area contributed by atoms with Gasteiger partial charge in [-0.15, -0.1) is 0 Å². The Kier molecular flexibility index (Phi) is 3.96. The largest absolute Gasteiger partial charge is 0.347 e. The zero-order chi connectivity index (χ0) is 14.0. The van der Waals surface area contributed by atoms with Crippen LogP contribution >= 0.6 is 0 Å². The number of rotatable bonds is 5. The Bertz CT molecular complexity index is 687. The molecule has 1 aromatic heterocycles. The summed E-state index contributed by atoms with van der Waals surface area (Å²) < 4.78 is 25.7. The van der Waals surface area contributed by atoms with Crippen LogP contribution in [0.5, 0.6) is 0 Å². The molecule has 0 radical (unpaired) electrons. The molecule has 1 aromatic carbocycles. The fourth-order valence-electron chi connectivity index (χ4n) is 2.38. The smallest absolute Gasteiger partial charge is 0.154 e. The maximum Gasteiger partial charge on any atom is 0.154 e. The Morgan fingerprint density at radius 2 is 1.95 bits per heavy atom. The third-order valence-electron chi connectivity index (χ3n) is 3.44. The summed E-state index contributed by atoms with van der Waals surface area (Å²) in [5.41, 5.74) is 8.76. The average Bonchev–Trinajstić information content (AvgIpc) is 2.76. The van der Waals surface area contributed by atoms with Gasteiger partial charge in [-0.1, -0.05) is 25.1 Å². The molecule has 0 aliphatic rings. The number of hydrogen-bond donors (Lipinski definition) is 1. The highest BCUT2D eigenvalue weighted by Crippen LogP contribution is 2.26. The second-order valence-corrected chi connectivity index (χ2v) is 6.99. The summed E-state index contributed by atoms with van der Waals surface area (Å²) in [5, 5.41) is 1.00. The molecule has 0 aliphatic heterocycles. The van der Waals surface area contributed by atoms with E-state index >= 15 is 0 Å². The van der Waals surface area contributed by atoms with Crippen molar-refractivity contribution in [1.29, 1.82) is 0 Å². The molecule has 0 bridgehead atoms. The van der Waals surface area contributed by atoms with Crippen molar-refractivity contribution < 1.29 is 8.42 Å². The lowest BCUT2D eigenvalue weighted by molar-refractivity contribution is 0.596. The molecule has 0 saturated heterocycles. The molecule has 104 valence electrons. The number of fused-ring (bicyclic) bond motifs is 1. The third-order valence-corrected chi connectivity index (χ3v) is 5.07. The van der Waals surface area contributed by atoms with Crippen LogP contribution in [0.25, 0.3) is 10.9 Å². The van der Waals surface area contributed by atoms with E-state index in [0.717, 1.165) is 28.6 Å². The van der Waals surface area contributed by atoms with E-state index in [1.54, 1.807) is 6.92 Å². The summed E-state index contributed by atoms with van der Waals surface area (Å²) in [6, 6.07) is 5.90. The second kappa shape index (κ2) is 5.35. The Labute approximate surface area is 114 Å². The highest BCUT2D eigenvalue weighted by atomic mass is 32.2. The quantitative estimate of drug-likeness (QED) is 0.911. The second-order valence-electron chi connectivity index (χ2n) is 4.63. The molecule has 19 heavy (non-hydrogen) atoms. The van der Waals surface area contributed by atoms with Crippen LogP contribution in [-0.2, 0) is 28.7 Å². The SMILES string of the molecule is CCn1cc(CS(=O)(=O)CC)c2cccc(CN)c21. The maximum atomic E-state index is 11.8. The van der Waals surface area contributed by atoms with Gasteiger partial charge in [-0.2, -0.15) is 0 Å². The van der Waals surface area contributed by atoms with Crippen molar-refractivity contribution in [1.82, 2.24) is 4.57 Å². The Hall–Kier alpha value is -1.33. The van der Waals surface area contributed by atoms with Crippen LogP contribution in [0, 0.1) is 0 Å². The summed E-state index contributed by atoms with van der Waals surface area (Å²) in [4.78, 5) is 0. The van der Waals surface area contributed by atoms with Crippen LogP contribution in [0.2, 0.25) is 0 Å². The number of aromatic nitrogens is 1. The van der Waals surface area contributed by atoms with Crippen molar-refractivity contribution in [2.45, 2.75) is 32.7 Å². The lowest BCUT2D eigenvalue weighted by Gasteiger charge is -2.05. The topological polar surface area (TPSA) is 65.1 Å². The van der Waals surface area contributed by atoms with Gasteiger partial charge in [0.2, 0.25) is 0 Å². The van der Waals surface area contributed by atoms with Crippen molar-refractivity contribution >= 4 is 20.7 Å². The van der Waals surface area contributed by atoms with Gasteiger partial charge in [-0.25, -0.2) is 8.42 Å². The maximum absolute atomic E-state index is 11.8. The molecule has 0 aliphatic carbocycles. The predicted octanol–water partition coefficient (Wildman–Crippen LogP) is 2.05. The average molecular weight is 280 g/mol. The first kappa shape index (κ1) is 14.1. The van der Waals surface area contributed by atoms with Gasteiger partial charge in [0.15, 0.2) is 9.84 Å². The van der Waals surface area contributed by atoms with Crippen LogP contribution in [0.3, 0.4) is 0 Å². The van der Waals surface area contributed by atoms with Crippen molar-refractivity contribution in [3.63, 3.8) is 0 Å². The molecule has 0 atom stereocenters. The Balaban J connectivity index is 2.64. The first-order valence-corrected chi connectivity index (χ1v) is 8.34. The molecule has 0 amide bonds. The van der Waals surface area contributed by atoms with Crippen LogP contribution < -0.4 is 5.73 Å². The van der Waals surface area contributed by atoms with Crippen LogP contribution in [0.1, 0.15) is 25.0 Å². The van der Waals surface area contributed by atoms with Crippen molar-refractivity contribution in [3.8, 4) is 0 Å². The standard InChI is InChI=1S/C14H20N2O2S/c1-3-16-9-12(10-19(17,18)4-2)13-7-5-6-11(8-15)14(13)16/h5-7,9H,3-4,8,10,15H2,1-2H3. The van der Waals surface area contributed by atoms with E-state index in [2.05, 4.69) is 4.57 Å². The molecule has 2 rings (SSSR count). The first-order valence-electron chi connectivity index (χ1n) is 6.52. The minimum atomic E-state index is -3.02. The molecule has 1 heterocycles. The minimum Gasteiger partial charge on any atom is -0.347 e. The minimum absolute atomic E-state index is 0.0982. The van der Waals surface area contributed by atoms with Crippen molar-refractivity contribution in [3.05, 3.63) is 35.5 Å². The molecule has 5 heteroatoms. The molecule has 2 aromatic rings. The van der Waals surface area contributed by atoms with E-state index in [0.29, 0.717) is 6.54 Å². The fraction of sp³-hybridized carbons (Fsp3) is 0.429. The molecule has 0 unspecified atom stereocenters.